The second-order valence-electron chi connectivity index (χ2n) is 15.2. The first kappa shape index (κ1) is 38.9. The SMILES string of the molecule is CC(C)c1cc2c(oc3ccccc32)c(C(C)C)c1-n1ccnc1-c1[c-]cccc1.CC(C)c1cccc(C(C)C)c1C1C=CN=C1c1[c-]cccc1.[Ir]. The summed E-state index contributed by atoms with van der Waals surface area (Å²) in [5, 5.41) is 2.36. The first-order valence-corrected chi connectivity index (χ1v) is 19.0. The third kappa shape index (κ3) is 7.45. The van der Waals surface area contributed by atoms with Gasteiger partial charge in [0.1, 0.15) is 11.2 Å². The van der Waals surface area contributed by atoms with Crippen molar-refractivity contribution >= 4 is 27.7 Å². The molecule has 0 fully saturated rings. The molecule has 54 heavy (non-hydrogen) atoms. The monoisotopic (exact) mass is 888 g/mol. The minimum atomic E-state index is 0. The van der Waals surface area contributed by atoms with E-state index in [9.17, 15) is 0 Å². The van der Waals surface area contributed by atoms with E-state index in [-0.39, 0.29) is 31.9 Å². The molecule has 3 heterocycles. The molecular weight excluding hydrogens is 839 g/mol. The summed E-state index contributed by atoms with van der Waals surface area (Å²) < 4.78 is 8.63. The number of hydrogen-bond acceptors (Lipinski definition) is 3. The van der Waals surface area contributed by atoms with Gasteiger partial charge in [0.25, 0.3) is 0 Å². The van der Waals surface area contributed by atoms with Crippen molar-refractivity contribution in [1.82, 2.24) is 9.55 Å². The van der Waals surface area contributed by atoms with Crippen LogP contribution in [0.1, 0.15) is 118 Å². The van der Waals surface area contributed by atoms with Gasteiger partial charge in [-0.2, -0.15) is 0 Å². The zero-order valence-electron chi connectivity index (χ0n) is 32.5. The van der Waals surface area contributed by atoms with Gasteiger partial charge in [0.15, 0.2) is 0 Å². The second-order valence-corrected chi connectivity index (χ2v) is 15.2. The maximum atomic E-state index is 6.42. The van der Waals surface area contributed by atoms with Crippen molar-refractivity contribution < 1.29 is 24.5 Å². The van der Waals surface area contributed by atoms with Crippen LogP contribution in [0.15, 0.2) is 131 Å². The summed E-state index contributed by atoms with van der Waals surface area (Å²) in [7, 11) is 0. The van der Waals surface area contributed by atoms with Crippen molar-refractivity contribution in [2.45, 2.75) is 85.0 Å². The number of fused-ring (bicyclic) bond motifs is 3. The van der Waals surface area contributed by atoms with Gasteiger partial charge in [-0.05, 0) is 63.8 Å². The number of furan rings is 1. The average Bonchev–Trinajstić information content (AvgIpc) is 3.93. The molecule has 7 aromatic rings. The van der Waals surface area contributed by atoms with Gasteiger partial charge in [0.2, 0.25) is 0 Å². The minimum Gasteiger partial charge on any atom is -0.456 e. The largest absolute Gasteiger partial charge is 0.456 e. The van der Waals surface area contributed by atoms with E-state index in [0.29, 0.717) is 17.8 Å². The molecule has 4 nitrogen and oxygen atoms in total. The molecule has 277 valence electrons. The van der Waals surface area contributed by atoms with E-state index in [1.54, 1.807) is 0 Å². The van der Waals surface area contributed by atoms with Crippen LogP contribution in [0.4, 0.5) is 0 Å². The summed E-state index contributed by atoms with van der Waals surface area (Å²) in [5.41, 5.74) is 13.1. The molecule has 0 N–H and O–H groups in total. The average molecular weight is 888 g/mol. The van der Waals surface area contributed by atoms with Gasteiger partial charge in [-0.15, -0.1) is 71.8 Å². The van der Waals surface area contributed by atoms with Gasteiger partial charge >= 0.3 is 0 Å². The maximum absolute atomic E-state index is 6.42. The molecule has 1 radical (unpaired) electrons. The molecule has 0 saturated heterocycles. The van der Waals surface area contributed by atoms with Crippen molar-refractivity contribution in [2.75, 3.05) is 0 Å². The number of nitrogens with zero attached hydrogens (tertiary/aromatic N) is 3. The maximum Gasteiger partial charge on any atom is 0.140 e. The van der Waals surface area contributed by atoms with E-state index < -0.39 is 0 Å². The topological polar surface area (TPSA) is 43.3 Å². The quantitative estimate of drug-likeness (QED) is 0.143. The molecule has 1 atom stereocenters. The molecule has 1 aliphatic heterocycles. The van der Waals surface area contributed by atoms with Gasteiger partial charge in [-0.1, -0.05) is 97.9 Å². The predicted octanol–water partition coefficient (Wildman–Crippen LogP) is 13.3. The van der Waals surface area contributed by atoms with Crippen molar-refractivity contribution in [3.8, 4) is 17.1 Å². The molecule has 5 aromatic carbocycles. The molecule has 0 bridgehead atoms. The first-order chi connectivity index (χ1) is 25.7. The van der Waals surface area contributed by atoms with Crippen LogP contribution < -0.4 is 0 Å². The molecule has 5 heteroatoms. The number of aromatic nitrogens is 2. The van der Waals surface area contributed by atoms with Gasteiger partial charge in [-0.3, -0.25) is 4.98 Å². The van der Waals surface area contributed by atoms with E-state index in [4.69, 9.17) is 4.42 Å². The Labute approximate surface area is 334 Å². The van der Waals surface area contributed by atoms with Crippen molar-refractivity contribution in [1.29, 1.82) is 0 Å². The van der Waals surface area contributed by atoms with Crippen LogP contribution in [0.5, 0.6) is 0 Å². The van der Waals surface area contributed by atoms with E-state index in [1.807, 2.05) is 48.8 Å². The van der Waals surface area contributed by atoms with Crippen LogP contribution in [0, 0.1) is 12.1 Å². The molecule has 1 aliphatic rings. The van der Waals surface area contributed by atoms with E-state index in [1.165, 1.54) is 44.3 Å². The van der Waals surface area contributed by atoms with Crippen molar-refractivity contribution in [3.05, 3.63) is 167 Å². The fraction of sp³-hybridized carbons (Fsp3) is 0.265. The second kappa shape index (κ2) is 16.7. The van der Waals surface area contributed by atoms with Crippen LogP contribution >= 0.6 is 0 Å². The zero-order valence-corrected chi connectivity index (χ0v) is 34.9. The molecule has 0 saturated carbocycles. The third-order valence-electron chi connectivity index (χ3n) is 10.2. The number of allylic oxidation sites excluding steroid dienone is 1. The molecule has 0 amide bonds. The third-order valence-corrected chi connectivity index (χ3v) is 10.2. The van der Waals surface area contributed by atoms with Crippen molar-refractivity contribution in [2.24, 2.45) is 4.99 Å². The smallest absolute Gasteiger partial charge is 0.140 e. The molecule has 2 aromatic heterocycles. The molecular formula is C49H49IrN3O-2. The van der Waals surface area contributed by atoms with Crippen LogP contribution in [0.2, 0.25) is 0 Å². The van der Waals surface area contributed by atoms with Crippen LogP contribution in [-0.2, 0) is 20.1 Å². The molecule has 1 unspecified atom stereocenters. The Hall–Kier alpha value is -4.83. The van der Waals surface area contributed by atoms with Gasteiger partial charge in [-0.25, -0.2) is 0 Å². The number of imidazole rings is 1. The number of rotatable bonds is 8. The first-order valence-electron chi connectivity index (χ1n) is 19.0. The fourth-order valence-electron chi connectivity index (χ4n) is 7.73. The number of benzene rings is 5. The minimum absolute atomic E-state index is 0. The van der Waals surface area contributed by atoms with Crippen LogP contribution in [0.25, 0.3) is 39.0 Å². The summed E-state index contributed by atoms with van der Waals surface area (Å²) in [5.74, 6) is 2.76. The van der Waals surface area contributed by atoms with E-state index in [2.05, 4.69) is 155 Å². The number of aliphatic imine (C=N–C) groups is 1. The van der Waals surface area contributed by atoms with E-state index in [0.717, 1.165) is 33.8 Å². The standard InChI is InChI=1S/C27H25N2O.C22H24N.Ir/c1-17(2)21-16-22-20-12-8-9-13-23(20)30-26(22)24(18(3)4)25(21)29-15-14-28-27(29)19-10-6-5-7-11-19;1-15(2)18-11-8-12-19(16(3)4)21(18)20-13-14-23-22(20)17-9-6-5-7-10-17;/h5-10,12-18H,1-4H3;5-9,11-16,20H,1-4H3;/q2*-1;. The van der Waals surface area contributed by atoms with Crippen LogP contribution in [-0.4, -0.2) is 15.3 Å². The number of hydrogen-bond donors (Lipinski definition) is 0. The summed E-state index contributed by atoms with van der Waals surface area (Å²) >= 11 is 0. The Kier molecular flexibility index (Phi) is 12.0. The number of para-hydroxylation sites is 1. The van der Waals surface area contributed by atoms with E-state index >= 15 is 0 Å². The van der Waals surface area contributed by atoms with Gasteiger partial charge in [0, 0.05) is 66.6 Å². The Morgan fingerprint density at radius 3 is 1.91 bits per heavy atom. The summed E-state index contributed by atoms with van der Waals surface area (Å²) in [6.07, 6.45) is 8.09. The van der Waals surface area contributed by atoms with Gasteiger partial charge < -0.3 is 14.0 Å². The molecule has 0 spiro atoms. The normalized spacial score (nSPS) is 13.9. The zero-order chi connectivity index (χ0) is 37.2. The Morgan fingerprint density at radius 1 is 0.667 bits per heavy atom. The molecule has 0 aliphatic carbocycles. The van der Waals surface area contributed by atoms with Crippen molar-refractivity contribution in [3.63, 3.8) is 0 Å². The molecule has 8 rings (SSSR count). The van der Waals surface area contributed by atoms with Gasteiger partial charge in [0.05, 0.1) is 5.82 Å². The Morgan fingerprint density at radius 2 is 1.30 bits per heavy atom. The Balaban J connectivity index is 0.000000187. The van der Waals surface area contributed by atoms with Crippen LogP contribution in [0.3, 0.4) is 0 Å². The fourth-order valence-corrected chi connectivity index (χ4v) is 7.73. The summed E-state index contributed by atoms with van der Waals surface area (Å²) in [6.45, 7) is 18.1. The summed E-state index contributed by atoms with van der Waals surface area (Å²) in [4.78, 5) is 9.36. The summed E-state index contributed by atoms with van der Waals surface area (Å²) in [6, 6.07) is 40.1. The Bertz CT molecular complexity index is 2390. The predicted molar refractivity (Wildman–Crippen MR) is 222 cm³/mol.